The van der Waals surface area contributed by atoms with Crippen molar-refractivity contribution in [2.45, 2.75) is 26.2 Å². The number of benzene rings is 3. The number of halogens is 2. The lowest BCUT2D eigenvalue weighted by Crippen LogP contribution is -2.10. The summed E-state index contributed by atoms with van der Waals surface area (Å²) in [6, 6.07) is 19.8. The summed E-state index contributed by atoms with van der Waals surface area (Å²) in [5, 5.41) is 2.93. The summed E-state index contributed by atoms with van der Waals surface area (Å²) in [5.41, 5.74) is 4.54. The fourth-order valence-electron chi connectivity index (χ4n) is 3.35. The van der Waals surface area contributed by atoms with E-state index in [1.165, 1.54) is 5.56 Å². The first-order chi connectivity index (χ1) is 14.2. The molecule has 30 heavy (non-hydrogen) atoms. The molecule has 1 N–H and O–H groups in total. The van der Waals surface area contributed by atoms with E-state index in [4.69, 9.17) is 4.74 Å². The van der Waals surface area contributed by atoms with Crippen LogP contribution in [0.3, 0.4) is 0 Å². The second-order valence-electron chi connectivity index (χ2n) is 8.27. The van der Waals surface area contributed by atoms with Gasteiger partial charge in [-0.1, -0.05) is 61.0 Å². The number of carbonyl (C=O) groups excluding carboxylic acids is 1. The molecule has 0 saturated heterocycles. The molecule has 1 aliphatic heterocycles. The van der Waals surface area contributed by atoms with Crippen LogP contribution in [0.15, 0.2) is 69.6 Å². The van der Waals surface area contributed by atoms with Crippen LogP contribution in [-0.4, -0.2) is 5.91 Å². The standard InChI is InChI=1S/C25H21Br2NO2/c1-25(2,3)16-7-9-18(10-8-16)30-19-6-4-5-15(11-19)12-21-20-13-17(26)14-22(27)23(20)28-24(21)29/h4-14H,1-3H3,(H,28,29). The minimum atomic E-state index is -0.118. The molecule has 0 bridgehead atoms. The average molecular weight is 527 g/mol. The fourth-order valence-corrected chi connectivity index (χ4v) is 4.68. The van der Waals surface area contributed by atoms with Gasteiger partial charge in [0, 0.05) is 20.1 Å². The number of nitrogens with one attached hydrogen (secondary N) is 1. The number of anilines is 1. The first kappa shape index (κ1) is 20.9. The lowest BCUT2D eigenvalue weighted by molar-refractivity contribution is -0.110. The van der Waals surface area contributed by atoms with E-state index >= 15 is 0 Å². The maximum Gasteiger partial charge on any atom is 0.256 e. The molecule has 3 aromatic rings. The Morgan fingerprint density at radius 2 is 1.67 bits per heavy atom. The summed E-state index contributed by atoms with van der Waals surface area (Å²) in [7, 11) is 0. The van der Waals surface area contributed by atoms with E-state index in [2.05, 4.69) is 70.1 Å². The van der Waals surface area contributed by atoms with Crippen molar-refractivity contribution < 1.29 is 9.53 Å². The molecule has 5 heteroatoms. The Labute approximate surface area is 193 Å². The predicted molar refractivity (Wildman–Crippen MR) is 130 cm³/mol. The van der Waals surface area contributed by atoms with Crippen LogP contribution in [0.1, 0.15) is 37.5 Å². The van der Waals surface area contributed by atoms with Gasteiger partial charge in [0.25, 0.3) is 5.91 Å². The van der Waals surface area contributed by atoms with Crippen LogP contribution in [0.25, 0.3) is 11.6 Å². The smallest absolute Gasteiger partial charge is 0.256 e. The minimum absolute atomic E-state index is 0.104. The first-order valence-electron chi connectivity index (χ1n) is 9.62. The molecular weight excluding hydrogens is 506 g/mol. The quantitative estimate of drug-likeness (QED) is 0.353. The molecule has 152 valence electrons. The average Bonchev–Trinajstić information content (AvgIpc) is 2.98. The van der Waals surface area contributed by atoms with Crippen LogP contribution >= 0.6 is 31.9 Å². The van der Waals surface area contributed by atoms with Crippen molar-refractivity contribution in [1.29, 1.82) is 0 Å². The second kappa shape index (κ2) is 8.05. The van der Waals surface area contributed by atoms with E-state index in [0.29, 0.717) is 5.57 Å². The van der Waals surface area contributed by atoms with Gasteiger partial charge in [-0.25, -0.2) is 0 Å². The highest BCUT2D eigenvalue weighted by Crippen LogP contribution is 2.40. The molecule has 0 fully saturated rings. The number of fused-ring (bicyclic) bond motifs is 1. The number of ether oxygens (including phenoxy) is 1. The molecule has 0 aromatic heterocycles. The minimum Gasteiger partial charge on any atom is -0.457 e. The van der Waals surface area contributed by atoms with Crippen LogP contribution in [0.5, 0.6) is 11.5 Å². The number of amides is 1. The van der Waals surface area contributed by atoms with Crippen LogP contribution < -0.4 is 10.1 Å². The topological polar surface area (TPSA) is 38.3 Å². The van der Waals surface area contributed by atoms with Gasteiger partial charge in [-0.2, -0.15) is 0 Å². The molecule has 0 spiro atoms. The highest BCUT2D eigenvalue weighted by molar-refractivity contribution is 9.11. The van der Waals surface area contributed by atoms with E-state index in [0.717, 1.165) is 37.3 Å². The van der Waals surface area contributed by atoms with Gasteiger partial charge in [-0.15, -0.1) is 0 Å². The van der Waals surface area contributed by atoms with Gasteiger partial charge in [0.05, 0.1) is 5.69 Å². The third kappa shape index (κ3) is 4.37. The summed E-state index contributed by atoms with van der Waals surface area (Å²) >= 11 is 7.01. The highest BCUT2D eigenvalue weighted by Gasteiger charge is 2.26. The SMILES string of the molecule is CC(C)(C)c1ccc(Oc2cccc(C=C3C(=O)Nc4c(Br)cc(Br)cc43)c2)cc1. The van der Waals surface area contributed by atoms with E-state index in [9.17, 15) is 4.79 Å². The Kier molecular flexibility index (Phi) is 5.60. The van der Waals surface area contributed by atoms with Gasteiger partial charge in [0.15, 0.2) is 0 Å². The molecule has 4 rings (SSSR count). The van der Waals surface area contributed by atoms with Crippen molar-refractivity contribution in [3.8, 4) is 11.5 Å². The fraction of sp³-hybridized carbons (Fsp3) is 0.160. The maximum absolute atomic E-state index is 12.5. The van der Waals surface area contributed by atoms with Gasteiger partial charge in [0.2, 0.25) is 0 Å². The lowest BCUT2D eigenvalue weighted by atomic mass is 9.87. The van der Waals surface area contributed by atoms with Gasteiger partial charge in [-0.05, 0) is 74.9 Å². The summed E-state index contributed by atoms with van der Waals surface area (Å²) in [6.07, 6.45) is 1.88. The number of carbonyl (C=O) groups is 1. The van der Waals surface area contributed by atoms with Gasteiger partial charge in [0.1, 0.15) is 11.5 Å². The first-order valence-corrected chi connectivity index (χ1v) is 11.2. The molecule has 0 saturated carbocycles. The zero-order valence-corrected chi connectivity index (χ0v) is 20.1. The maximum atomic E-state index is 12.5. The van der Waals surface area contributed by atoms with Crippen molar-refractivity contribution in [2.24, 2.45) is 0 Å². The molecular formula is C25H21Br2NO2. The summed E-state index contributed by atoms with van der Waals surface area (Å²) in [5.74, 6) is 1.39. The van der Waals surface area contributed by atoms with E-state index in [1.807, 2.05) is 54.6 Å². The Bertz CT molecular complexity index is 1160. The zero-order valence-electron chi connectivity index (χ0n) is 16.9. The number of hydrogen-bond donors (Lipinski definition) is 1. The molecule has 0 unspecified atom stereocenters. The zero-order chi connectivity index (χ0) is 21.5. The van der Waals surface area contributed by atoms with Gasteiger partial charge in [-0.3, -0.25) is 4.79 Å². The van der Waals surface area contributed by atoms with E-state index in [-0.39, 0.29) is 11.3 Å². The van der Waals surface area contributed by atoms with Crippen molar-refractivity contribution in [2.75, 3.05) is 5.32 Å². The third-order valence-corrected chi connectivity index (χ3v) is 6.04. The summed E-state index contributed by atoms with van der Waals surface area (Å²) in [4.78, 5) is 12.5. The Morgan fingerprint density at radius 1 is 0.933 bits per heavy atom. The molecule has 1 aliphatic rings. The summed E-state index contributed by atoms with van der Waals surface area (Å²) < 4.78 is 7.80. The normalized spacial score (nSPS) is 14.6. The van der Waals surface area contributed by atoms with Crippen LogP contribution in [-0.2, 0) is 10.2 Å². The van der Waals surface area contributed by atoms with E-state index in [1.54, 1.807) is 0 Å². The van der Waals surface area contributed by atoms with Gasteiger partial charge >= 0.3 is 0 Å². The number of rotatable bonds is 3. The molecule has 1 heterocycles. The molecule has 3 aromatic carbocycles. The van der Waals surface area contributed by atoms with E-state index < -0.39 is 0 Å². The molecule has 0 aliphatic carbocycles. The third-order valence-electron chi connectivity index (χ3n) is 4.95. The number of hydrogen-bond acceptors (Lipinski definition) is 2. The summed E-state index contributed by atoms with van der Waals surface area (Å²) in [6.45, 7) is 6.57. The Morgan fingerprint density at radius 3 is 2.37 bits per heavy atom. The second-order valence-corrected chi connectivity index (χ2v) is 10.0. The highest BCUT2D eigenvalue weighted by atomic mass is 79.9. The van der Waals surface area contributed by atoms with Crippen LogP contribution in [0.2, 0.25) is 0 Å². The van der Waals surface area contributed by atoms with Crippen LogP contribution in [0, 0.1) is 0 Å². The van der Waals surface area contributed by atoms with Crippen molar-refractivity contribution in [3.63, 3.8) is 0 Å². The Balaban J connectivity index is 1.61. The molecule has 0 radical (unpaired) electrons. The van der Waals surface area contributed by atoms with Gasteiger partial charge < -0.3 is 10.1 Å². The molecule has 1 amide bonds. The lowest BCUT2D eigenvalue weighted by Gasteiger charge is -2.19. The van der Waals surface area contributed by atoms with Crippen molar-refractivity contribution in [1.82, 2.24) is 0 Å². The molecule has 3 nitrogen and oxygen atoms in total. The monoisotopic (exact) mass is 525 g/mol. The predicted octanol–water partition coefficient (Wildman–Crippen LogP) is 7.79. The van der Waals surface area contributed by atoms with Crippen molar-refractivity contribution >= 4 is 55.1 Å². The van der Waals surface area contributed by atoms with Crippen molar-refractivity contribution in [3.05, 3.63) is 86.3 Å². The largest absolute Gasteiger partial charge is 0.457 e. The Hall–Kier alpha value is -2.37. The van der Waals surface area contributed by atoms with Crippen LogP contribution in [0.4, 0.5) is 5.69 Å². The molecule has 0 atom stereocenters.